The molecule has 180 valence electrons. The Hall–Kier alpha value is -4.51. The molecular weight excluding hydrogens is 478 g/mol. The van der Waals surface area contributed by atoms with Gasteiger partial charge in [-0.25, -0.2) is 19.4 Å². The number of hydrogen-bond acceptors (Lipinski definition) is 8. The van der Waals surface area contributed by atoms with Crippen LogP contribution < -0.4 is 17.0 Å². The number of fused-ring (bicyclic) bond motifs is 1. The summed E-state index contributed by atoms with van der Waals surface area (Å²) in [4.78, 5) is 47.4. The molecule has 0 aliphatic heterocycles. The van der Waals surface area contributed by atoms with Gasteiger partial charge in [0.25, 0.3) is 5.56 Å². The molecule has 0 aliphatic rings. The van der Waals surface area contributed by atoms with Gasteiger partial charge in [0, 0.05) is 7.05 Å². The van der Waals surface area contributed by atoms with Gasteiger partial charge in [-0.2, -0.15) is 5.10 Å². The second-order valence-corrected chi connectivity index (χ2v) is 8.96. The highest BCUT2D eigenvalue weighted by Gasteiger charge is 2.22. The first kappa shape index (κ1) is 23.2. The molecule has 11 heteroatoms. The largest absolute Gasteiger partial charge is 0.384 e. The SMILES string of the molecule is Cn1c(=O)c(C(=O)CSc2ncnc3c2cnn3-c2ccccc2)c(N)n(Cc2ccccc2)c1=O. The number of nitrogens with zero attached hydrogens (tertiary/aromatic N) is 6. The first-order valence-corrected chi connectivity index (χ1v) is 12.0. The number of para-hydroxylation sites is 1. The number of hydrogen-bond donors (Lipinski definition) is 1. The number of benzene rings is 2. The van der Waals surface area contributed by atoms with Gasteiger partial charge in [0.05, 0.1) is 29.6 Å². The lowest BCUT2D eigenvalue weighted by Crippen LogP contribution is -2.43. The smallest absolute Gasteiger partial charge is 0.332 e. The Bertz CT molecular complexity index is 1690. The van der Waals surface area contributed by atoms with Gasteiger partial charge in [0.2, 0.25) is 0 Å². The van der Waals surface area contributed by atoms with E-state index >= 15 is 0 Å². The van der Waals surface area contributed by atoms with Crippen molar-refractivity contribution in [3.8, 4) is 5.69 Å². The summed E-state index contributed by atoms with van der Waals surface area (Å²) >= 11 is 1.15. The molecule has 0 radical (unpaired) electrons. The van der Waals surface area contributed by atoms with Crippen LogP contribution in [0, 0.1) is 0 Å². The van der Waals surface area contributed by atoms with Crippen LogP contribution in [0.15, 0.2) is 87.8 Å². The fourth-order valence-corrected chi connectivity index (χ4v) is 4.70. The van der Waals surface area contributed by atoms with E-state index in [9.17, 15) is 14.4 Å². The molecule has 3 heterocycles. The predicted molar refractivity (Wildman–Crippen MR) is 138 cm³/mol. The van der Waals surface area contributed by atoms with Crippen molar-refractivity contribution in [3.05, 3.63) is 105 Å². The highest BCUT2D eigenvalue weighted by atomic mass is 32.2. The summed E-state index contributed by atoms with van der Waals surface area (Å²) in [5, 5.41) is 5.64. The molecule has 0 fully saturated rings. The molecule has 0 saturated heterocycles. The maximum atomic E-state index is 13.2. The summed E-state index contributed by atoms with van der Waals surface area (Å²) in [6, 6.07) is 18.7. The average Bonchev–Trinajstić information content (AvgIpc) is 3.35. The van der Waals surface area contributed by atoms with E-state index < -0.39 is 17.0 Å². The van der Waals surface area contributed by atoms with Gasteiger partial charge < -0.3 is 5.73 Å². The minimum Gasteiger partial charge on any atom is -0.384 e. The summed E-state index contributed by atoms with van der Waals surface area (Å²) < 4.78 is 3.83. The van der Waals surface area contributed by atoms with Gasteiger partial charge in [0.15, 0.2) is 11.4 Å². The fraction of sp³-hybridized carbons (Fsp3) is 0.120. The molecule has 0 bridgehead atoms. The van der Waals surface area contributed by atoms with E-state index in [-0.39, 0.29) is 23.7 Å². The Morgan fingerprint density at radius 1 is 1.00 bits per heavy atom. The Balaban J connectivity index is 1.45. The molecule has 0 amide bonds. The number of Topliss-reactive ketones (excluding diaryl/α,β-unsaturated/α-hetero) is 1. The maximum absolute atomic E-state index is 13.2. The van der Waals surface area contributed by atoms with Crippen LogP contribution in [-0.2, 0) is 13.6 Å². The van der Waals surface area contributed by atoms with Gasteiger partial charge in [-0.15, -0.1) is 0 Å². The number of nitrogens with two attached hydrogens (primary N) is 1. The zero-order valence-corrected chi connectivity index (χ0v) is 20.1. The van der Waals surface area contributed by atoms with E-state index in [4.69, 9.17) is 5.73 Å². The molecule has 0 aliphatic carbocycles. The zero-order chi connectivity index (χ0) is 25.2. The first-order chi connectivity index (χ1) is 17.5. The molecule has 2 N–H and O–H groups in total. The minimum atomic E-state index is -0.725. The van der Waals surface area contributed by atoms with Gasteiger partial charge in [0.1, 0.15) is 22.7 Å². The first-order valence-electron chi connectivity index (χ1n) is 11.0. The van der Waals surface area contributed by atoms with Crippen LogP contribution >= 0.6 is 11.8 Å². The van der Waals surface area contributed by atoms with Gasteiger partial charge in [-0.3, -0.25) is 18.7 Å². The van der Waals surface area contributed by atoms with Crippen molar-refractivity contribution in [1.82, 2.24) is 28.9 Å². The molecule has 36 heavy (non-hydrogen) atoms. The summed E-state index contributed by atoms with van der Waals surface area (Å²) in [6.07, 6.45) is 3.05. The highest BCUT2D eigenvalue weighted by Crippen LogP contribution is 2.26. The number of carbonyl (C=O) groups excluding carboxylic acids is 1. The standard InChI is InChI=1S/C25H21N7O3S/c1-30-24(34)20(21(26)31(25(30)35)13-16-8-4-2-5-9-16)19(33)14-36-23-18-12-29-32(22(18)27-15-28-23)17-10-6-3-7-11-17/h2-12,15H,13-14,26H2,1H3. The van der Waals surface area contributed by atoms with Crippen LogP contribution in [0.4, 0.5) is 5.82 Å². The zero-order valence-electron chi connectivity index (χ0n) is 19.2. The molecule has 0 spiro atoms. The van der Waals surface area contributed by atoms with Crippen LogP contribution in [-0.4, -0.2) is 40.4 Å². The Labute approximate surface area is 209 Å². The van der Waals surface area contributed by atoms with Gasteiger partial charge in [-0.1, -0.05) is 60.3 Å². The van der Waals surface area contributed by atoms with E-state index in [1.54, 1.807) is 10.9 Å². The van der Waals surface area contributed by atoms with Crippen molar-refractivity contribution in [2.24, 2.45) is 7.05 Å². The number of anilines is 1. The topological polar surface area (TPSA) is 131 Å². The van der Waals surface area contributed by atoms with Gasteiger partial charge in [-0.05, 0) is 17.7 Å². The van der Waals surface area contributed by atoms with E-state index in [0.29, 0.717) is 16.1 Å². The molecular formula is C25H21N7O3S. The van der Waals surface area contributed by atoms with Crippen LogP contribution in [0.2, 0.25) is 0 Å². The second-order valence-electron chi connectivity index (χ2n) is 8.00. The third-order valence-electron chi connectivity index (χ3n) is 5.72. The maximum Gasteiger partial charge on any atom is 0.332 e. The molecule has 0 saturated carbocycles. The molecule has 2 aromatic carbocycles. The third kappa shape index (κ3) is 4.20. The number of nitrogen functional groups attached to an aromatic ring is 1. The van der Waals surface area contributed by atoms with Crippen molar-refractivity contribution in [2.75, 3.05) is 11.5 Å². The lowest BCUT2D eigenvalue weighted by molar-refractivity contribution is 0.102. The van der Waals surface area contributed by atoms with Crippen LogP contribution in [0.3, 0.4) is 0 Å². The molecule has 10 nitrogen and oxygen atoms in total. The quantitative estimate of drug-likeness (QED) is 0.205. The summed E-state index contributed by atoms with van der Waals surface area (Å²) in [6.45, 7) is 0.137. The van der Waals surface area contributed by atoms with E-state index in [1.165, 1.54) is 17.9 Å². The Kier molecular flexibility index (Phi) is 6.21. The van der Waals surface area contributed by atoms with E-state index in [0.717, 1.165) is 27.6 Å². The molecule has 0 unspecified atom stereocenters. The number of carbonyl (C=O) groups is 1. The van der Waals surface area contributed by atoms with Gasteiger partial charge >= 0.3 is 5.69 Å². The number of aromatic nitrogens is 6. The van der Waals surface area contributed by atoms with Crippen LogP contribution in [0.5, 0.6) is 0 Å². The lowest BCUT2D eigenvalue weighted by atomic mass is 10.2. The Morgan fingerprint density at radius 2 is 1.69 bits per heavy atom. The van der Waals surface area contributed by atoms with Crippen molar-refractivity contribution >= 4 is 34.4 Å². The summed E-state index contributed by atoms with van der Waals surface area (Å²) in [5.41, 5.74) is 6.94. The lowest BCUT2D eigenvalue weighted by Gasteiger charge is -2.14. The normalized spacial score (nSPS) is 11.1. The van der Waals surface area contributed by atoms with Crippen molar-refractivity contribution in [1.29, 1.82) is 0 Å². The van der Waals surface area contributed by atoms with Crippen molar-refractivity contribution in [2.45, 2.75) is 11.6 Å². The minimum absolute atomic E-state index is 0.106. The van der Waals surface area contributed by atoms with Crippen LogP contribution in [0.1, 0.15) is 15.9 Å². The Morgan fingerprint density at radius 3 is 2.42 bits per heavy atom. The van der Waals surface area contributed by atoms with E-state index in [2.05, 4.69) is 15.1 Å². The number of thioether (sulfide) groups is 1. The number of rotatable bonds is 7. The molecule has 5 aromatic rings. The van der Waals surface area contributed by atoms with Crippen molar-refractivity contribution < 1.29 is 4.79 Å². The highest BCUT2D eigenvalue weighted by molar-refractivity contribution is 8.00. The summed E-state index contributed by atoms with van der Waals surface area (Å²) in [5.74, 6) is -0.754. The number of ketones is 1. The summed E-state index contributed by atoms with van der Waals surface area (Å²) in [7, 11) is 1.33. The van der Waals surface area contributed by atoms with Crippen molar-refractivity contribution in [3.63, 3.8) is 0 Å². The van der Waals surface area contributed by atoms with Crippen LogP contribution in [0.25, 0.3) is 16.7 Å². The molecule has 0 atom stereocenters. The fourth-order valence-electron chi connectivity index (χ4n) is 3.87. The molecule has 5 rings (SSSR count). The molecule has 3 aromatic heterocycles. The predicted octanol–water partition coefficient (Wildman–Crippen LogP) is 2.28. The third-order valence-corrected chi connectivity index (χ3v) is 6.72. The second kappa shape index (κ2) is 9.62. The average molecular weight is 500 g/mol. The van der Waals surface area contributed by atoms with E-state index in [1.807, 2.05) is 60.7 Å². The monoisotopic (exact) mass is 499 g/mol.